The summed E-state index contributed by atoms with van der Waals surface area (Å²) in [6.45, 7) is 2.00. The van der Waals surface area contributed by atoms with Crippen LogP contribution in [0, 0.1) is 6.92 Å². The number of aromatic nitrogens is 1. The number of benzene rings is 2. The zero-order chi connectivity index (χ0) is 15.7. The van der Waals surface area contributed by atoms with Gasteiger partial charge in [0.15, 0.2) is 0 Å². The number of aliphatic hydroxyl groups excluding tert-OH is 1. The summed E-state index contributed by atoms with van der Waals surface area (Å²) in [5.74, 6) is 0. The average Bonchev–Trinajstić information content (AvgIpc) is 2.49. The highest BCUT2D eigenvalue weighted by molar-refractivity contribution is 6.33. The topological polar surface area (TPSA) is 33.1 Å². The number of fused-ring (bicyclic) bond motifs is 1. The number of aliphatic hydroxyl groups is 1. The molecular weight excluding hydrogens is 317 g/mol. The highest BCUT2D eigenvalue weighted by Crippen LogP contribution is 2.37. The molecular formula is C18H15Cl2NO. The first kappa shape index (κ1) is 15.3. The molecule has 0 unspecified atom stereocenters. The van der Waals surface area contributed by atoms with Crippen molar-refractivity contribution in [3.63, 3.8) is 0 Å². The summed E-state index contributed by atoms with van der Waals surface area (Å²) in [5, 5.41) is 11.7. The van der Waals surface area contributed by atoms with Gasteiger partial charge in [0.1, 0.15) is 0 Å². The van der Waals surface area contributed by atoms with Crippen LogP contribution in [-0.2, 0) is 6.42 Å². The molecule has 22 heavy (non-hydrogen) atoms. The van der Waals surface area contributed by atoms with E-state index in [1.165, 1.54) is 0 Å². The predicted molar refractivity (Wildman–Crippen MR) is 92.7 cm³/mol. The summed E-state index contributed by atoms with van der Waals surface area (Å²) < 4.78 is 0. The van der Waals surface area contributed by atoms with Gasteiger partial charge in [-0.25, -0.2) is 0 Å². The van der Waals surface area contributed by atoms with Crippen LogP contribution in [0.3, 0.4) is 0 Å². The maximum Gasteiger partial charge on any atom is 0.0726 e. The van der Waals surface area contributed by atoms with Crippen LogP contribution in [0.1, 0.15) is 11.3 Å². The van der Waals surface area contributed by atoms with Crippen molar-refractivity contribution in [1.82, 2.24) is 4.98 Å². The number of nitrogens with zero attached hydrogens (tertiary/aromatic N) is 1. The monoisotopic (exact) mass is 331 g/mol. The number of pyridine rings is 1. The highest BCUT2D eigenvalue weighted by atomic mass is 35.5. The van der Waals surface area contributed by atoms with E-state index in [2.05, 4.69) is 11.1 Å². The van der Waals surface area contributed by atoms with Gasteiger partial charge in [0.2, 0.25) is 0 Å². The minimum Gasteiger partial charge on any atom is -0.396 e. The summed E-state index contributed by atoms with van der Waals surface area (Å²) in [7, 11) is 0. The lowest BCUT2D eigenvalue weighted by Crippen LogP contribution is -1.98. The van der Waals surface area contributed by atoms with Crippen LogP contribution < -0.4 is 0 Å². The van der Waals surface area contributed by atoms with Crippen molar-refractivity contribution < 1.29 is 5.11 Å². The summed E-state index contributed by atoms with van der Waals surface area (Å²) in [6, 6.07) is 13.6. The first-order valence-corrected chi connectivity index (χ1v) is 7.81. The smallest absolute Gasteiger partial charge is 0.0726 e. The third-order valence-electron chi connectivity index (χ3n) is 3.68. The molecule has 1 aromatic heterocycles. The van der Waals surface area contributed by atoms with Crippen molar-refractivity contribution in [3.8, 4) is 11.1 Å². The molecule has 0 amide bonds. The average molecular weight is 332 g/mol. The summed E-state index contributed by atoms with van der Waals surface area (Å²) in [6.07, 6.45) is 0.501. The molecule has 0 saturated heterocycles. The largest absolute Gasteiger partial charge is 0.396 e. The van der Waals surface area contributed by atoms with Crippen molar-refractivity contribution >= 4 is 34.1 Å². The first-order chi connectivity index (χ1) is 10.6. The Kier molecular flexibility index (Phi) is 4.34. The number of aryl methyl sites for hydroxylation is 1. The van der Waals surface area contributed by atoms with Gasteiger partial charge < -0.3 is 5.11 Å². The molecule has 0 fully saturated rings. The molecule has 0 aliphatic heterocycles. The first-order valence-electron chi connectivity index (χ1n) is 7.05. The van der Waals surface area contributed by atoms with E-state index in [4.69, 9.17) is 23.2 Å². The van der Waals surface area contributed by atoms with Crippen LogP contribution >= 0.6 is 23.2 Å². The van der Waals surface area contributed by atoms with Crippen molar-refractivity contribution in [1.29, 1.82) is 0 Å². The zero-order valence-corrected chi connectivity index (χ0v) is 13.6. The van der Waals surface area contributed by atoms with E-state index in [1.807, 2.05) is 43.3 Å². The molecule has 112 valence electrons. The van der Waals surface area contributed by atoms with Crippen LogP contribution in [0.2, 0.25) is 10.0 Å². The van der Waals surface area contributed by atoms with Crippen LogP contribution in [-0.4, -0.2) is 16.7 Å². The molecule has 4 heteroatoms. The summed E-state index contributed by atoms with van der Waals surface area (Å²) in [4.78, 5) is 4.57. The summed E-state index contributed by atoms with van der Waals surface area (Å²) in [5.41, 5.74) is 4.77. The van der Waals surface area contributed by atoms with Crippen molar-refractivity contribution in [2.75, 3.05) is 6.61 Å². The SMILES string of the molecule is Cc1ccc2c(-c3ccc(Cl)cc3)c(CCO)c(Cl)cc2n1. The van der Waals surface area contributed by atoms with E-state index < -0.39 is 0 Å². The lowest BCUT2D eigenvalue weighted by molar-refractivity contribution is 0.300. The van der Waals surface area contributed by atoms with E-state index in [9.17, 15) is 5.11 Å². The molecule has 0 bridgehead atoms. The van der Waals surface area contributed by atoms with Gasteiger partial charge in [-0.15, -0.1) is 0 Å². The minimum absolute atomic E-state index is 0.0467. The van der Waals surface area contributed by atoms with Gasteiger partial charge in [-0.3, -0.25) is 4.98 Å². The molecule has 3 aromatic rings. The Hall–Kier alpha value is -1.61. The standard InChI is InChI=1S/C18H15Cl2NO/c1-11-2-7-15-17(21-11)10-16(20)14(8-9-22)18(15)12-3-5-13(19)6-4-12/h2-7,10,22H,8-9H2,1H3. The fourth-order valence-electron chi connectivity index (χ4n) is 2.69. The van der Waals surface area contributed by atoms with Gasteiger partial charge >= 0.3 is 0 Å². The molecule has 3 rings (SSSR count). The second-order valence-corrected chi connectivity index (χ2v) is 6.06. The Bertz CT molecular complexity index is 829. The number of hydrogen-bond acceptors (Lipinski definition) is 2. The molecule has 0 spiro atoms. The van der Waals surface area contributed by atoms with Gasteiger partial charge in [-0.05, 0) is 54.3 Å². The third-order valence-corrected chi connectivity index (χ3v) is 4.27. The van der Waals surface area contributed by atoms with Gasteiger partial charge in [0, 0.05) is 27.7 Å². The van der Waals surface area contributed by atoms with Crippen molar-refractivity contribution in [2.45, 2.75) is 13.3 Å². The van der Waals surface area contributed by atoms with Crippen molar-refractivity contribution in [2.24, 2.45) is 0 Å². The van der Waals surface area contributed by atoms with Gasteiger partial charge in [0.25, 0.3) is 0 Å². The van der Waals surface area contributed by atoms with Crippen LogP contribution in [0.15, 0.2) is 42.5 Å². The van der Waals surface area contributed by atoms with E-state index in [1.54, 1.807) is 0 Å². The van der Waals surface area contributed by atoms with Gasteiger partial charge in [-0.1, -0.05) is 41.4 Å². The molecule has 0 aliphatic rings. The molecule has 0 aliphatic carbocycles. The molecule has 1 heterocycles. The second-order valence-electron chi connectivity index (χ2n) is 5.21. The maximum atomic E-state index is 9.38. The van der Waals surface area contributed by atoms with Gasteiger partial charge in [0.05, 0.1) is 5.52 Å². The predicted octanol–water partition coefficient (Wildman–Crippen LogP) is 5.05. The fraction of sp³-hybridized carbons (Fsp3) is 0.167. The Morgan fingerprint density at radius 3 is 2.45 bits per heavy atom. The van der Waals surface area contributed by atoms with Crippen molar-refractivity contribution in [3.05, 3.63) is 63.8 Å². The van der Waals surface area contributed by atoms with E-state index in [0.29, 0.717) is 16.5 Å². The Labute approximate surface area is 139 Å². The summed E-state index contributed by atoms with van der Waals surface area (Å²) >= 11 is 12.4. The van der Waals surface area contributed by atoms with E-state index in [-0.39, 0.29) is 6.61 Å². The fourth-order valence-corrected chi connectivity index (χ4v) is 3.11. The van der Waals surface area contributed by atoms with E-state index in [0.717, 1.165) is 33.3 Å². The normalized spacial score (nSPS) is 11.1. The van der Waals surface area contributed by atoms with Gasteiger partial charge in [-0.2, -0.15) is 0 Å². The molecule has 0 atom stereocenters. The molecule has 0 saturated carbocycles. The Morgan fingerprint density at radius 1 is 1.05 bits per heavy atom. The number of rotatable bonds is 3. The number of halogens is 2. The molecule has 2 aromatic carbocycles. The van der Waals surface area contributed by atoms with Crippen LogP contribution in [0.25, 0.3) is 22.0 Å². The third kappa shape index (κ3) is 2.82. The molecule has 1 N–H and O–H groups in total. The molecule has 0 radical (unpaired) electrons. The Morgan fingerprint density at radius 2 is 1.77 bits per heavy atom. The van der Waals surface area contributed by atoms with Crippen LogP contribution in [0.4, 0.5) is 0 Å². The highest BCUT2D eigenvalue weighted by Gasteiger charge is 2.15. The van der Waals surface area contributed by atoms with E-state index >= 15 is 0 Å². The number of hydrogen-bond donors (Lipinski definition) is 1. The Balaban J connectivity index is 2.36. The molecule has 2 nitrogen and oxygen atoms in total. The quantitative estimate of drug-likeness (QED) is 0.728. The van der Waals surface area contributed by atoms with Crippen LogP contribution in [0.5, 0.6) is 0 Å². The minimum atomic E-state index is 0.0467. The lowest BCUT2D eigenvalue weighted by atomic mass is 9.93. The maximum absolute atomic E-state index is 9.38. The zero-order valence-electron chi connectivity index (χ0n) is 12.1. The lowest BCUT2D eigenvalue weighted by Gasteiger charge is -2.15. The second kappa shape index (κ2) is 6.25.